The van der Waals surface area contributed by atoms with Gasteiger partial charge >= 0.3 is 0 Å². The maximum absolute atomic E-state index is 12.7. The summed E-state index contributed by atoms with van der Waals surface area (Å²) in [4.78, 5) is 19.2. The first-order valence-electron chi connectivity index (χ1n) is 8.57. The lowest BCUT2D eigenvalue weighted by molar-refractivity contribution is 0.0655. The zero-order chi connectivity index (χ0) is 17.1. The van der Waals surface area contributed by atoms with Gasteiger partial charge in [0, 0.05) is 30.9 Å². The maximum atomic E-state index is 12.7. The van der Waals surface area contributed by atoms with Crippen molar-refractivity contribution in [3.05, 3.63) is 51.5 Å². The van der Waals surface area contributed by atoms with Crippen molar-refractivity contribution in [2.24, 2.45) is 11.7 Å². The number of piperidine rings is 1. The molecule has 1 aliphatic rings. The molecule has 1 aromatic carbocycles. The van der Waals surface area contributed by atoms with E-state index in [1.54, 1.807) is 11.3 Å². The molecule has 1 saturated heterocycles. The number of amides is 1. The molecule has 0 saturated carbocycles. The van der Waals surface area contributed by atoms with E-state index in [0.29, 0.717) is 11.6 Å². The molecule has 128 valence electrons. The van der Waals surface area contributed by atoms with Crippen molar-refractivity contribution in [2.75, 3.05) is 13.1 Å². The molecule has 4 nitrogen and oxygen atoms in total. The topological polar surface area (TPSA) is 59.2 Å². The number of hydrogen-bond acceptors (Lipinski definition) is 4. The van der Waals surface area contributed by atoms with Crippen molar-refractivity contribution >= 4 is 17.2 Å². The highest BCUT2D eigenvalue weighted by Crippen LogP contribution is 2.22. The second-order valence-corrected chi connectivity index (χ2v) is 7.74. The molecule has 24 heavy (non-hydrogen) atoms. The van der Waals surface area contributed by atoms with Crippen molar-refractivity contribution in [1.29, 1.82) is 0 Å². The lowest BCUT2D eigenvalue weighted by atomic mass is 9.92. The summed E-state index contributed by atoms with van der Waals surface area (Å²) in [5.74, 6) is 0.445. The molecule has 3 rings (SSSR count). The van der Waals surface area contributed by atoms with Crippen LogP contribution in [0.15, 0.2) is 29.6 Å². The summed E-state index contributed by atoms with van der Waals surface area (Å²) >= 11 is 1.56. The van der Waals surface area contributed by atoms with E-state index in [2.05, 4.69) is 36.2 Å². The smallest absolute Gasteiger partial charge is 0.273 e. The van der Waals surface area contributed by atoms with Gasteiger partial charge in [0.25, 0.3) is 5.91 Å². The number of likely N-dealkylation sites (tertiary alicyclic amines) is 1. The summed E-state index contributed by atoms with van der Waals surface area (Å²) in [5, 5.41) is 2.88. The predicted octanol–water partition coefficient (Wildman–Crippen LogP) is 3.24. The van der Waals surface area contributed by atoms with Crippen LogP contribution in [0.3, 0.4) is 0 Å². The molecule has 1 amide bonds. The van der Waals surface area contributed by atoms with Crippen LogP contribution in [0.4, 0.5) is 0 Å². The van der Waals surface area contributed by atoms with Crippen LogP contribution in [0.25, 0.3) is 0 Å². The van der Waals surface area contributed by atoms with Crippen LogP contribution in [0, 0.1) is 12.8 Å². The summed E-state index contributed by atoms with van der Waals surface area (Å²) < 4.78 is 0. The minimum atomic E-state index is 0.0479. The fourth-order valence-electron chi connectivity index (χ4n) is 3.16. The molecule has 0 spiro atoms. The number of nitrogens with zero attached hydrogens (tertiary/aromatic N) is 2. The molecule has 1 aromatic heterocycles. The number of aromatic nitrogens is 1. The lowest BCUT2D eigenvalue weighted by Crippen LogP contribution is -2.45. The largest absolute Gasteiger partial charge is 0.337 e. The van der Waals surface area contributed by atoms with Gasteiger partial charge in [-0.15, -0.1) is 11.3 Å². The molecule has 0 aliphatic carbocycles. The highest BCUT2D eigenvalue weighted by atomic mass is 32.1. The highest BCUT2D eigenvalue weighted by molar-refractivity contribution is 7.09. The third kappa shape index (κ3) is 4.02. The first-order chi connectivity index (χ1) is 11.5. The number of benzene rings is 1. The maximum Gasteiger partial charge on any atom is 0.273 e. The third-order valence-corrected chi connectivity index (χ3v) is 5.58. The van der Waals surface area contributed by atoms with Gasteiger partial charge in [-0.3, -0.25) is 4.79 Å². The second kappa shape index (κ2) is 7.45. The molecular formula is C19H25N3OS. The Morgan fingerprint density at radius 3 is 2.88 bits per heavy atom. The van der Waals surface area contributed by atoms with Crippen molar-refractivity contribution in [1.82, 2.24) is 9.88 Å². The third-order valence-electron chi connectivity index (χ3n) is 4.74. The van der Waals surface area contributed by atoms with Gasteiger partial charge in [0.15, 0.2) is 0 Å². The molecule has 2 atom stereocenters. The van der Waals surface area contributed by atoms with Crippen LogP contribution < -0.4 is 5.73 Å². The summed E-state index contributed by atoms with van der Waals surface area (Å²) in [5.41, 5.74) is 9.07. The number of carbonyl (C=O) groups is 1. The van der Waals surface area contributed by atoms with E-state index in [-0.39, 0.29) is 11.9 Å². The number of aryl methyl sites for hydroxylation is 1. The molecule has 0 radical (unpaired) electrons. The summed E-state index contributed by atoms with van der Waals surface area (Å²) in [6.45, 7) is 5.67. The Kier molecular flexibility index (Phi) is 5.31. The first-order valence-corrected chi connectivity index (χ1v) is 9.45. The zero-order valence-electron chi connectivity index (χ0n) is 14.4. The summed E-state index contributed by atoms with van der Waals surface area (Å²) in [7, 11) is 0. The van der Waals surface area contributed by atoms with E-state index in [1.165, 1.54) is 11.1 Å². The first kappa shape index (κ1) is 17.1. The Morgan fingerprint density at radius 2 is 2.17 bits per heavy atom. The highest BCUT2D eigenvalue weighted by Gasteiger charge is 2.27. The standard InChI is InChI=1S/C19H25N3OS/c1-13-5-7-15(8-6-13)10-18-21-17(12-24-18)19(23)22-9-3-4-16(11-22)14(2)20/h5-8,12,14,16H,3-4,9-11,20H2,1-2H3. The number of carbonyl (C=O) groups excluding carboxylic acids is 1. The van der Waals surface area contributed by atoms with Gasteiger partial charge in [0.1, 0.15) is 5.69 Å². The van der Waals surface area contributed by atoms with Crippen LogP contribution in [-0.4, -0.2) is 34.9 Å². The Labute approximate surface area is 147 Å². The van der Waals surface area contributed by atoms with E-state index in [4.69, 9.17) is 5.73 Å². The Bertz CT molecular complexity index is 693. The minimum absolute atomic E-state index is 0.0479. The molecule has 0 bridgehead atoms. The molecule has 2 N–H and O–H groups in total. The number of nitrogens with two attached hydrogens (primary N) is 1. The quantitative estimate of drug-likeness (QED) is 0.927. The fourth-order valence-corrected chi connectivity index (χ4v) is 3.96. The Morgan fingerprint density at radius 1 is 1.42 bits per heavy atom. The average molecular weight is 343 g/mol. The van der Waals surface area contributed by atoms with Crippen LogP contribution >= 0.6 is 11.3 Å². The van der Waals surface area contributed by atoms with E-state index in [0.717, 1.165) is 37.4 Å². The Hall–Kier alpha value is -1.72. The van der Waals surface area contributed by atoms with E-state index in [1.807, 2.05) is 17.2 Å². The summed E-state index contributed by atoms with van der Waals surface area (Å²) in [6, 6.07) is 8.59. The zero-order valence-corrected chi connectivity index (χ0v) is 15.2. The van der Waals surface area contributed by atoms with Crippen molar-refractivity contribution < 1.29 is 4.79 Å². The van der Waals surface area contributed by atoms with Crippen molar-refractivity contribution in [3.63, 3.8) is 0 Å². The summed E-state index contributed by atoms with van der Waals surface area (Å²) in [6.07, 6.45) is 2.91. The van der Waals surface area contributed by atoms with Gasteiger partial charge in [-0.25, -0.2) is 4.98 Å². The number of thiazole rings is 1. The van der Waals surface area contributed by atoms with Crippen molar-refractivity contribution in [3.8, 4) is 0 Å². The lowest BCUT2D eigenvalue weighted by Gasteiger charge is -2.34. The van der Waals surface area contributed by atoms with E-state index < -0.39 is 0 Å². The molecule has 5 heteroatoms. The van der Waals surface area contributed by atoms with Gasteiger partial charge in [-0.1, -0.05) is 29.8 Å². The number of hydrogen-bond donors (Lipinski definition) is 1. The molecule has 1 aliphatic heterocycles. The van der Waals surface area contributed by atoms with E-state index in [9.17, 15) is 4.79 Å². The number of rotatable bonds is 4. The van der Waals surface area contributed by atoms with Crippen LogP contribution in [0.1, 0.15) is 46.4 Å². The van der Waals surface area contributed by atoms with E-state index >= 15 is 0 Å². The van der Waals surface area contributed by atoms with Gasteiger partial charge < -0.3 is 10.6 Å². The average Bonchev–Trinajstić information content (AvgIpc) is 3.05. The minimum Gasteiger partial charge on any atom is -0.337 e. The fraction of sp³-hybridized carbons (Fsp3) is 0.474. The molecule has 2 heterocycles. The van der Waals surface area contributed by atoms with Crippen molar-refractivity contribution in [2.45, 2.75) is 39.2 Å². The predicted molar refractivity (Wildman–Crippen MR) is 98.4 cm³/mol. The monoisotopic (exact) mass is 343 g/mol. The van der Waals surface area contributed by atoms with Gasteiger partial charge in [-0.05, 0) is 38.2 Å². The molecule has 2 unspecified atom stereocenters. The van der Waals surface area contributed by atoms with Crippen LogP contribution in [0.5, 0.6) is 0 Å². The normalized spacial score (nSPS) is 19.3. The molecule has 2 aromatic rings. The van der Waals surface area contributed by atoms with Gasteiger partial charge in [-0.2, -0.15) is 0 Å². The van der Waals surface area contributed by atoms with Gasteiger partial charge in [0.05, 0.1) is 5.01 Å². The van der Waals surface area contributed by atoms with Gasteiger partial charge in [0.2, 0.25) is 0 Å². The Balaban J connectivity index is 1.66. The SMILES string of the molecule is Cc1ccc(Cc2nc(C(=O)N3CCCC(C(C)N)C3)cs2)cc1. The molecular weight excluding hydrogens is 318 g/mol. The second-order valence-electron chi connectivity index (χ2n) is 6.80. The van der Waals surface area contributed by atoms with Crippen LogP contribution in [-0.2, 0) is 6.42 Å². The van der Waals surface area contributed by atoms with Crippen LogP contribution in [0.2, 0.25) is 0 Å². The molecule has 1 fully saturated rings.